The second kappa shape index (κ2) is 9.01. The predicted molar refractivity (Wildman–Crippen MR) is 109 cm³/mol. The van der Waals surface area contributed by atoms with E-state index in [1.54, 1.807) is 24.1 Å². The molecule has 0 aliphatic heterocycles. The fourth-order valence-corrected chi connectivity index (χ4v) is 2.89. The number of ether oxygens (including phenoxy) is 1. The van der Waals surface area contributed by atoms with Gasteiger partial charge in [-0.05, 0) is 34.9 Å². The molecule has 1 amide bonds. The van der Waals surface area contributed by atoms with Crippen LogP contribution in [0.15, 0.2) is 78.9 Å². The fraction of sp³-hybridized carbons (Fsp3) is 0.174. The summed E-state index contributed by atoms with van der Waals surface area (Å²) in [6, 6.07) is 25.7. The second-order valence-electron chi connectivity index (χ2n) is 6.39. The highest BCUT2D eigenvalue weighted by atomic mass is 16.5. The van der Waals surface area contributed by atoms with Gasteiger partial charge < -0.3 is 15.4 Å². The Kier molecular flexibility index (Phi) is 6.23. The molecule has 0 bridgehead atoms. The van der Waals surface area contributed by atoms with Crippen LogP contribution in [0.4, 0.5) is 0 Å². The van der Waals surface area contributed by atoms with Gasteiger partial charge in [0.05, 0.1) is 0 Å². The zero-order valence-corrected chi connectivity index (χ0v) is 15.5. The summed E-state index contributed by atoms with van der Waals surface area (Å²) in [6.07, 6.45) is 0. The maximum absolute atomic E-state index is 12.7. The number of carbonyl (C=O) groups is 1. The molecule has 0 saturated carbocycles. The molecule has 0 unspecified atom stereocenters. The predicted octanol–water partition coefficient (Wildman–Crippen LogP) is 3.96. The van der Waals surface area contributed by atoms with Gasteiger partial charge in [-0.15, -0.1) is 0 Å². The molecule has 0 saturated heterocycles. The first-order chi connectivity index (χ1) is 13.2. The van der Waals surface area contributed by atoms with Gasteiger partial charge in [0.1, 0.15) is 12.4 Å². The van der Waals surface area contributed by atoms with Crippen LogP contribution in [0, 0.1) is 0 Å². The summed E-state index contributed by atoms with van der Waals surface area (Å²) in [5.74, 6) is 0.618. The Hall–Kier alpha value is -3.11. The molecule has 3 aromatic rings. The standard InChI is InChI=1S/C23H24N2O2/c1-25(23(26)21-8-5-9-22(16-21)27-15-14-24)17-18-10-12-20(13-11-18)19-6-3-2-4-7-19/h2-13,16H,14-15,17,24H2,1H3. The van der Waals surface area contributed by atoms with Crippen molar-refractivity contribution in [1.29, 1.82) is 0 Å². The Balaban J connectivity index is 1.66. The van der Waals surface area contributed by atoms with Crippen molar-refractivity contribution >= 4 is 5.91 Å². The highest BCUT2D eigenvalue weighted by molar-refractivity contribution is 5.94. The van der Waals surface area contributed by atoms with E-state index in [1.807, 2.05) is 30.3 Å². The van der Waals surface area contributed by atoms with E-state index in [4.69, 9.17) is 10.5 Å². The molecule has 3 rings (SSSR count). The third-order valence-corrected chi connectivity index (χ3v) is 4.30. The first-order valence-corrected chi connectivity index (χ1v) is 9.00. The summed E-state index contributed by atoms with van der Waals surface area (Å²) in [5, 5.41) is 0. The Bertz CT molecular complexity index is 876. The van der Waals surface area contributed by atoms with Crippen molar-refractivity contribution in [3.8, 4) is 16.9 Å². The van der Waals surface area contributed by atoms with Gasteiger partial charge in [0.25, 0.3) is 5.91 Å². The topological polar surface area (TPSA) is 55.6 Å². The van der Waals surface area contributed by atoms with Crippen LogP contribution in [-0.2, 0) is 6.54 Å². The number of hydrogen-bond acceptors (Lipinski definition) is 3. The first kappa shape index (κ1) is 18.7. The second-order valence-corrected chi connectivity index (χ2v) is 6.39. The number of amides is 1. The van der Waals surface area contributed by atoms with Crippen molar-refractivity contribution in [2.45, 2.75) is 6.54 Å². The normalized spacial score (nSPS) is 10.4. The van der Waals surface area contributed by atoms with E-state index < -0.39 is 0 Å². The molecule has 0 atom stereocenters. The van der Waals surface area contributed by atoms with Gasteiger partial charge in [0.2, 0.25) is 0 Å². The number of rotatable bonds is 7. The van der Waals surface area contributed by atoms with Crippen LogP contribution in [0.1, 0.15) is 15.9 Å². The van der Waals surface area contributed by atoms with E-state index >= 15 is 0 Å². The summed E-state index contributed by atoms with van der Waals surface area (Å²) in [6.45, 7) is 1.42. The minimum Gasteiger partial charge on any atom is -0.492 e. The molecule has 0 aromatic heterocycles. The summed E-state index contributed by atoms with van der Waals surface area (Å²) in [4.78, 5) is 14.4. The molecule has 0 heterocycles. The number of hydrogen-bond donors (Lipinski definition) is 1. The van der Waals surface area contributed by atoms with E-state index in [9.17, 15) is 4.79 Å². The number of benzene rings is 3. The third-order valence-electron chi connectivity index (χ3n) is 4.30. The molecular weight excluding hydrogens is 336 g/mol. The van der Waals surface area contributed by atoms with Crippen LogP contribution < -0.4 is 10.5 Å². The monoisotopic (exact) mass is 360 g/mol. The number of nitrogens with two attached hydrogens (primary N) is 1. The maximum atomic E-state index is 12.7. The molecule has 0 aliphatic carbocycles. The Morgan fingerprint density at radius 2 is 1.63 bits per heavy atom. The molecule has 138 valence electrons. The van der Waals surface area contributed by atoms with Crippen LogP contribution in [0.25, 0.3) is 11.1 Å². The lowest BCUT2D eigenvalue weighted by Gasteiger charge is -2.18. The molecule has 4 heteroatoms. The lowest BCUT2D eigenvalue weighted by molar-refractivity contribution is 0.0784. The lowest BCUT2D eigenvalue weighted by atomic mass is 10.0. The first-order valence-electron chi connectivity index (χ1n) is 9.00. The average Bonchev–Trinajstić information content (AvgIpc) is 2.73. The van der Waals surface area contributed by atoms with Crippen molar-refractivity contribution in [3.05, 3.63) is 90.0 Å². The Morgan fingerprint density at radius 1 is 0.926 bits per heavy atom. The molecule has 2 N–H and O–H groups in total. The van der Waals surface area contributed by atoms with Crippen molar-refractivity contribution < 1.29 is 9.53 Å². The van der Waals surface area contributed by atoms with Crippen molar-refractivity contribution in [1.82, 2.24) is 4.90 Å². The maximum Gasteiger partial charge on any atom is 0.254 e. The highest BCUT2D eigenvalue weighted by Gasteiger charge is 2.13. The van der Waals surface area contributed by atoms with Crippen molar-refractivity contribution in [2.75, 3.05) is 20.2 Å². The van der Waals surface area contributed by atoms with E-state index in [0.29, 0.717) is 31.0 Å². The van der Waals surface area contributed by atoms with Gasteiger partial charge >= 0.3 is 0 Å². The molecular formula is C23H24N2O2. The summed E-state index contributed by atoms with van der Waals surface area (Å²) in [5.41, 5.74) is 9.49. The highest BCUT2D eigenvalue weighted by Crippen LogP contribution is 2.20. The fourth-order valence-electron chi connectivity index (χ4n) is 2.89. The molecule has 3 aromatic carbocycles. The van der Waals surface area contributed by atoms with Crippen LogP contribution in [0.5, 0.6) is 5.75 Å². The number of nitrogens with zero attached hydrogens (tertiary/aromatic N) is 1. The number of carbonyl (C=O) groups excluding carboxylic acids is 1. The Morgan fingerprint density at radius 3 is 2.33 bits per heavy atom. The van der Waals surface area contributed by atoms with Crippen molar-refractivity contribution in [3.63, 3.8) is 0 Å². The van der Waals surface area contributed by atoms with Crippen LogP contribution in [0.3, 0.4) is 0 Å². The smallest absolute Gasteiger partial charge is 0.254 e. The van der Waals surface area contributed by atoms with Crippen LogP contribution in [0.2, 0.25) is 0 Å². The van der Waals surface area contributed by atoms with Gasteiger partial charge in [0.15, 0.2) is 0 Å². The van der Waals surface area contributed by atoms with Crippen LogP contribution in [-0.4, -0.2) is 31.0 Å². The van der Waals surface area contributed by atoms with E-state index in [2.05, 4.69) is 36.4 Å². The molecule has 0 fully saturated rings. The SMILES string of the molecule is CN(Cc1ccc(-c2ccccc2)cc1)C(=O)c1cccc(OCCN)c1. The quantitative estimate of drug-likeness (QED) is 0.694. The third kappa shape index (κ3) is 4.96. The molecule has 0 aliphatic rings. The van der Waals surface area contributed by atoms with Gasteiger partial charge in [-0.3, -0.25) is 4.79 Å². The van der Waals surface area contributed by atoms with Crippen LogP contribution >= 0.6 is 0 Å². The lowest BCUT2D eigenvalue weighted by Crippen LogP contribution is -2.26. The minimum absolute atomic E-state index is 0.0414. The molecule has 27 heavy (non-hydrogen) atoms. The van der Waals surface area contributed by atoms with Gasteiger partial charge in [-0.25, -0.2) is 0 Å². The molecule has 4 nitrogen and oxygen atoms in total. The van der Waals surface area contributed by atoms with E-state index in [-0.39, 0.29) is 5.91 Å². The summed E-state index contributed by atoms with van der Waals surface area (Å²) in [7, 11) is 1.81. The van der Waals surface area contributed by atoms with Gasteiger partial charge in [0, 0.05) is 25.7 Å². The van der Waals surface area contributed by atoms with E-state index in [0.717, 1.165) is 11.1 Å². The zero-order valence-electron chi connectivity index (χ0n) is 15.5. The minimum atomic E-state index is -0.0414. The van der Waals surface area contributed by atoms with Gasteiger partial charge in [-0.1, -0.05) is 60.7 Å². The van der Waals surface area contributed by atoms with E-state index in [1.165, 1.54) is 5.56 Å². The largest absolute Gasteiger partial charge is 0.492 e. The molecule has 0 spiro atoms. The Labute approximate surface area is 160 Å². The average molecular weight is 360 g/mol. The van der Waals surface area contributed by atoms with Gasteiger partial charge in [-0.2, -0.15) is 0 Å². The van der Waals surface area contributed by atoms with Crippen molar-refractivity contribution in [2.24, 2.45) is 5.73 Å². The zero-order chi connectivity index (χ0) is 19.1. The molecule has 0 radical (unpaired) electrons. The summed E-state index contributed by atoms with van der Waals surface area (Å²) >= 11 is 0. The summed E-state index contributed by atoms with van der Waals surface area (Å²) < 4.78 is 5.50.